The topological polar surface area (TPSA) is 53.2 Å². The number of aryl methyl sites for hydroxylation is 1. The lowest BCUT2D eigenvalue weighted by molar-refractivity contribution is 0.0944. The monoisotopic (exact) mass is 243 g/mol. The van der Waals surface area contributed by atoms with Gasteiger partial charge in [-0.1, -0.05) is 6.92 Å². The van der Waals surface area contributed by atoms with Crippen LogP contribution in [0.5, 0.6) is 0 Å². The number of hydrogen-bond donors (Lipinski definition) is 3. The molecule has 6 heteroatoms. The molecule has 3 N–H and O–H groups in total. The predicted octanol–water partition coefficient (Wildman–Crippen LogP) is 1.05. The number of carbonyl (C=O) groups is 1. The van der Waals surface area contributed by atoms with Gasteiger partial charge in [0.1, 0.15) is 0 Å². The SMILES string of the molecule is CCc1cc(C(=O)NNC(=S)NC)cs1. The first-order valence-corrected chi connectivity index (χ1v) is 5.81. The summed E-state index contributed by atoms with van der Waals surface area (Å²) in [5.41, 5.74) is 5.74. The van der Waals surface area contributed by atoms with Crippen molar-refractivity contribution in [1.82, 2.24) is 16.2 Å². The second kappa shape index (κ2) is 5.67. The Balaban J connectivity index is 2.50. The first kappa shape index (κ1) is 11.9. The van der Waals surface area contributed by atoms with Crippen LogP contribution in [0, 0.1) is 0 Å². The second-order valence-corrected chi connectivity index (χ2v) is 4.22. The standard InChI is InChI=1S/C9H13N3OS2/c1-3-7-4-6(5-15-7)8(13)11-12-9(14)10-2/h4-5H,3H2,1-2H3,(H,11,13)(H2,10,12,14). The quantitative estimate of drug-likeness (QED) is 0.537. The van der Waals surface area contributed by atoms with E-state index in [0.717, 1.165) is 6.42 Å². The van der Waals surface area contributed by atoms with Crippen LogP contribution in [0.15, 0.2) is 11.4 Å². The maximum absolute atomic E-state index is 11.5. The molecular formula is C9H13N3OS2. The highest BCUT2D eigenvalue weighted by Gasteiger charge is 2.07. The zero-order valence-electron chi connectivity index (χ0n) is 8.59. The van der Waals surface area contributed by atoms with Crippen LogP contribution in [0.3, 0.4) is 0 Å². The van der Waals surface area contributed by atoms with Gasteiger partial charge in [0.2, 0.25) is 0 Å². The van der Waals surface area contributed by atoms with E-state index in [1.54, 1.807) is 18.4 Å². The third kappa shape index (κ3) is 3.49. The van der Waals surface area contributed by atoms with E-state index in [1.807, 2.05) is 11.4 Å². The molecule has 82 valence electrons. The first-order valence-electron chi connectivity index (χ1n) is 4.52. The Hall–Kier alpha value is -1.14. The summed E-state index contributed by atoms with van der Waals surface area (Å²) in [6, 6.07) is 1.88. The van der Waals surface area contributed by atoms with Crippen molar-refractivity contribution in [3.8, 4) is 0 Å². The largest absolute Gasteiger partial charge is 0.364 e. The van der Waals surface area contributed by atoms with Crippen LogP contribution in [0.1, 0.15) is 22.2 Å². The Labute approximate surface area is 98.0 Å². The highest BCUT2D eigenvalue weighted by Crippen LogP contribution is 2.14. The number of nitrogens with one attached hydrogen (secondary N) is 3. The van der Waals surface area contributed by atoms with Crippen molar-refractivity contribution in [3.05, 3.63) is 21.9 Å². The Morgan fingerprint density at radius 1 is 1.53 bits per heavy atom. The van der Waals surface area contributed by atoms with Gasteiger partial charge in [0.05, 0.1) is 5.56 Å². The Kier molecular flexibility index (Phi) is 4.51. The Morgan fingerprint density at radius 3 is 2.80 bits per heavy atom. The smallest absolute Gasteiger partial charge is 0.270 e. The van der Waals surface area contributed by atoms with Gasteiger partial charge >= 0.3 is 0 Å². The molecule has 0 saturated carbocycles. The molecule has 0 fully saturated rings. The molecule has 0 saturated heterocycles. The van der Waals surface area contributed by atoms with Gasteiger partial charge < -0.3 is 5.32 Å². The van der Waals surface area contributed by atoms with Crippen LogP contribution in [0.4, 0.5) is 0 Å². The third-order valence-corrected chi connectivity index (χ3v) is 3.17. The van der Waals surface area contributed by atoms with E-state index < -0.39 is 0 Å². The summed E-state index contributed by atoms with van der Waals surface area (Å²) in [5.74, 6) is -0.177. The van der Waals surface area contributed by atoms with Gasteiger partial charge in [-0.3, -0.25) is 15.6 Å². The van der Waals surface area contributed by atoms with E-state index in [4.69, 9.17) is 12.2 Å². The summed E-state index contributed by atoms with van der Waals surface area (Å²) in [6.07, 6.45) is 0.945. The second-order valence-electron chi connectivity index (χ2n) is 2.81. The normalized spacial score (nSPS) is 9.47. The van der Waals surface area contributed by atoms with Crippen LogP contribution in [0.2, 0.25) is 0 Å². The van der Waals surface area contributed by atoms with Crippen LogP contribution in [0.25, 0.3) is 0 Å². The first-order chi connectivity index (χ1) is 7.17. The fourth-order valence-corrected chi connectivity index (χ4v) is 1.80. The molecule has 0 aliphatic heterocycles. The van der Waals surface area contributed by atoms with Crippen molar-refractivity contribution in [2.24, 2.45) is 0 Å². The molecule has 15 heavy (non-hydrogen) atoms. The summed E-state index contributed by atoms with van der Waals surface area (Å²) < 4.78 is 0. The number of hydrazine groups is 1. The number of amides is 1. The predicted molar refractivity (Wildman–Crippen MR) is 66.0 cm³/mol. The summed E-state index contributed by atoms with van der Waals surface area (Å²) in [4.78, 5) is 12.7. The van der Waals surface area contributed by atoms with Gasteiger partial charge in [-0.2, -0.15) is 0 Å². The maximum Gasteiger partial charge on any atom is 0.270 e. The number of hydrogen-bond acceptors (Lipinski definition) is 3. The Bertz CT molecular complexity index is 362. The number of thiocarbonyl (C=S) groups is 1. The van der Waals surface area contributed by atoms with Crippen molar-refractivity contribution in [1.29, 1.82) is 0 Å². The third-order valence-electron chi connectivity index (χ3n) is 1.78. The fraction of sp³-hybridized carbons (Fsp3) is 0.333. The highest BCUT2D eigenvalue weighted by atomic mass is 32.1. The zero-order valence-corrected chi connectivity index (χ0v) is 10.2. The van der Waals surface area contributed by atoms with Gasteiger partial charge in [-0.25, -0.2) is 0 Å². The van der Waals surface area contributed by atoms with Crippen LogP contribution in [-0.2, 0) is 6.42 Å². The summed E-state index contributed by atoms with van der Waals surface area (Å²) in [5, 5.41) is 4.91. The van der Waals surface area contributed by atoms with Gasteiger partial charge in [0, 0.05) is 17.3 Å². The zero-order chi connectivity index (χ0) is 11.3. The van der Waals surface area contributed by atoms with Crippen molar-refractivity contribution in [2.75, 3.05) is 7.05 Å². The summed E-state index contributed by atoms with van der Waals surface area (Å²) in [7, 11) is 1.68. The van der Waals surface area contributed by atoms with Crippen molar-refractivity contribution >= 4 is 34.6 Å². The molecule has 0 aromatic carbocycles. The molecular weight excluding hydrogens is 230 g/mol. The Morgan fingerprint density at radius 2 is 2.27 bits per heavy atom. The van der Waals surface area contributed by atoms with Crippen molar-refractivity contribution in [3.63, 3.8) is 0 Å². The molecule has 0 unspecified atom stereocenters. The molecule has 4 nitrogen and oxygen atoms in total. The summed E-state index contributed by atoms with van der Waals surface area (Å²) in [6.45, 7) is 2.06. The van der Waals surface area contributed by atoms with Gasteiger partial charge in [-0.05, 0) is 24.7 Å². The molecule has 0 aliphatic rings. The van der Waals surface area contributed by atoms with Crippen LogP contribution in [-0.4, -0.2) is 18.1 Å². The van der Waals surface area contributed by atoms with Gasteiger partial charge in [0.25, 0.3) is 5.91 Å². The molecule has 1 heterocycles. The molecule has 1 rings (SSSR count). The average molecular weight is 243 g/mol. The molecule has 0 spiro atoms. The lowest BCUT2D eigenvalue weighted by Crippen LogP contribution is -2.45. The molecule has 0 aliphatic carbocycles. The number of carbonyl (C=O) groups excluding carboxylic acids is 1. The minimum absolute atomic E-state index is 0.177. The van der Waals surface area contributed by atoms with Crippen molar-refractivity contribution in [2.45, 2.75) is 13.3 Å². The van der Waals surface area contributed by atoms with Gasteiger partial charge in [0.15, 0.2) is 5.11 Å². The number of rotatable bonds is 2. The molecule has 1 amide bonds. The van der Waals surface area contributed by atoms with E-state index in [-0.39, 0.29) is 5.91 Å². The number of thiophene rings is 1. The lowest BCUT2D eigenvalue weighted by Gasteiger charge is -2.07. The van der Waals surface area contributed by atoms with Crippen LogP contribution < -0.4 is 16.2 Å². The average Bonchev–Trinajstić information content (AvgIpc) is 2.73. The maximum atomic E-state index is 11.5. The van der Waals surface area contributed by atoms with Crippen molar-refractivity contribution < 1.29 is 4.79 Å². The summed E-state index contributed by atoms with van der Waals surface area (Å²) >= 11 is 6.40. The lowest BCUT2D eigenvalue weighted by atomic mass is 10.3. The van der Waals surface area contributed by atoms with E-state index >= 15 is 0 Å². The molecule has 1 aromatic rings. The highest BCUT2D eigenvalue weighted by molar-refractivity contribution is 7.80. The molecule has 0 bridgehead atoms. The minimum Gasteiger partial charge on any atom is -0.364 e. The van der Waals surface area contributed by atoms with E-state index in [1.165, 1.54) is 4.88 Å². The minimum atomic E-state index is -0.177. The molecule has 0 atom stereocenters. The molecule has 0 radical (unpaired) electrons. The van der Waals surface area contributed by atoms with Crippen LogP contribution >= 0.6 is 23.6 Å². The van der Waals surface area contributed by atoms with E-state index in [0.29, 0.717) is 10.7 Å². The van der Waals surface area contributed by atoms with Gasteiger partial charge in [-0.15, -0.1) is 11.3 Å². The molecule has 1 aromatic heterocycles. The van der Waals surface area contributed by atoms with E-state index in [2.05, 4.69) is 23.1 Å². The van der Waals surface area contributed by atoms with E-state index in [9.17, 15) is 4.79 Å². The fourth-order valence-electron chi connectivity index (χ4n) is 0.933.